The van der Waals surface area contributed by atoms with Crippen molar-refractivity contribution >= 4 is 11.7 Å². The lowest BCUT2D eigenvalue weighted by atomic mass is 10.2. The van der Waals surface area contributed by atoms with E-state index in [0.29, 0.717) is 5.70 Å². The van der Waals surface area contributed by atoms with E-state index in [1.54, 1.807) is 11.0 Å². The van der Waals surface area contributed by atoms with Gasteiger partial charge in [0.1, 0.15) is 5.70 Å². The highest BCUT2D eigenvalue weighted by Crippen LogP contribution is 2.16. The Hall–Kier alpha value is -1.77. The first-order chi connectivity index (χ1) is 7.20. The van der Waals surface area contributed by atoms with Crippen molar-refractivity contribution in [3.63, 3.8) is 0 Å². The molecular formula is C12H15NO2. The van der Waals surface area contributed by atoms with Gasteiger partial charge in [0, 0.05) is 12.7 Å². The first-order valence-electron chi connectivity index (χ1n) is 4.74. The Labute approximate surface area is 90.0 Å². The topological polar surface area (TPSA) is 29.5 Å². The highest BCUT2D eigenvalue weighted by molar-refractivity contribution is 5.92. The Kier molecular flexibility index (Phi) is 3.92. The van der Waals surface area contributed by atoms with Gasteiger partial charge in [0.2, 0.25) is 0 Å². The average molecular weight is 205 g/mol. The van der Waals surface area contributed by atoms with Crippen LogP contribution in [0.4, 0.5) is 5.69 Å². The third-order valence-corrected chi connectivity index (χ3v) is 2.17. The first-order valence-corrected chi connectivity index (χ1v) is 4.74. The molecule has 0 atom stereocenters. The summed E-state index contributed by atoms with van der Waals surface area (Å²) in [7, 11) is 3.21. The van der Waals surface area contributed by atoms with Crippen LogP contribution in [-0.4, -0.2) is 20.1 Å². The largest absolute Gasteiger partial charge is 0.464 e. The van der Waals surface area contributed by atoms with Crippen LogP contribution in [0.25, 0.3) is 0 Å². The van der Waals surface area contributed by atoms with Gasteiger partial charge in [-0.15, -0.1) is 0 Å². The van der Waals surface area contributed by atoms with Crippen molar-refractivity contribution in [3.8, 4) is 0 Å². The Morgan fingerprint density at radius 2 is 1.93 bits per heavy atom. The molecule has 0 saturated heterocycles. The number of nitrogens with zero attached hydrogens (tertiary/aromatic N) is 1. The summed E-state index contributed by atoms with van der Waals surface area (Å²) < 4.78 is 4.70. The van der Waals surface area contributed by atoms with Crippen LogP contribution in [0.15, 0.2) is 42.1 Å². The van der Waals surface area contributed by atoms with Crippen LogP contribution in [0, 0.1) is 0 Å². The van der Waals surface area contributed by atoms with Gasteiger partial charge in [-0.25, -0.2) is 4.79 Å². The lowest BCUT2D eigenvalue weighted by molar-refractivity contribution is -0.136. The summed E-state index contributed by atoms with van der Waals surface area (Å²) in [6.07, 6.45) is 1.73. The number of anilines is 1. The number of para-hydroxylation sites is 1. The quantitative estimate of drug-likeness (QED) is 0.559. The fourth-order valence-corrected chi connectivity index (χ4v) is 1.34. The van der Waals surface area contributed by atoms with Gasteiger partial charge >= 0.3 is 5.97 Å². The molecule has 0 saturated carbocycles. The number of esters is 1. The van der Waals surface area contributed by atoms with E-state index in [1.165, 1.54) is 7.11 Å². The van der Waals surface area contributed by atoms with Crippen LogP contribution in [0.3, 0.4) is 0 Å². The number of rotatable bonds is 3. The summed E-state index contributed by atoms with van der Waals surface area (Å²) in [6.45, 7) is 1.81. The van der Waals surface area contributed by atoms with Gasteiger partial charge in [-0.2, -0.15) is 0 Å². The lowest BCUT2D eigenvalue weighted by Crippen LogP contribution is -2.23. The Morgan fingerprint density at radius 1 is 1.33 bits per heavy atom. The highest BCUT2D eigenvalue weighted by Gasteiger charge is 2.14. The highest BCUT2D eigenvalue weighted by atomic mass is 16.5. The predicted molar refractivity (Wildman–Crippen MR) is 60.6 cm³/mol. The number of carbonyl (C=O) groups excluding carboxylic acids is 1. The van der Waals surface area contributed by atoms with Crippen molar-refractivity contribution in [1.82, 2.24) is 0 Å². The summed E-state index contributed by atoms with van der Waals surface area (Å²) in [5.41, 5.74) is 1.49. The van der Waals surface area contributed by atoms with E-state index in [0.717, 1.165) is 5.69 Å². The fraction of sp³-hybridized carbons (Fsp3) is 0.250. The molecule has 80 valence electrons. The number of allylic oxidation sites excluding steroid dienone is 1. The second kappa shape index (κ2) is 5.20. The lowest BCUT2D eigenvalue weighted by Gasteiger charge is -2.20. The van der Waals surface area contributed by atoms with Gasteiger partial charge in [-0.1, -0.05) is 24.3 Å². The molecule has 0 N–H and O–H groups in total. The molecule has 3 nitrogen and oxygen atoms in total. The molecule has 1 aromatic rings. The van der Waals surface area contributed by atoms with Crippen LogP contribution < -0.4 is 4.90 Å². The second-order valence-electron chi connectivity index (χ2n) is 3.06. The number of ether oxygens (including phenoxy) is 1. The SMILES string of the molecule is C/C=C(/C(=O)OC)N(C)c1ccccc1. The van der Waals surface area contributed by atoms with Crippen LogP contribution in [0.5, 0.6) is 0 Å². The van der Waals surface area contributed by atoms with Crippen molar-refractivity contribution in [2.75, 3.05) is 19.1 Å². The molecule has 0 spiro atoms. The molecule has 0 aromatic heterocycles. The van der Waals surface area contributed by atoms with E-state index >= 15 is 0 Å². The van der Waals surface area contributed by atoms with Crippen LogP contribution in [0.2, 0.25) is 0 Å². The third-order valence-electron chi connectivity index (χ3n) is 2.17. The minimum absolute atomic E-state index is 0.330. The van der Waals surface area contributed by atoms with Gasteiger partial charge in [0.25, 0.3) is 0 Å². The van der Waals surface area contributed by atoms with Crippen LogP contribution >= 0.6 is 0 Å². The molecule has 0 fully saturated rings. The molecule has 0 heterocycles. The molecule has 1 aromatic carbocycles. The standard InChI is InChI=1S/C12H15NO2/c1-4-11(12(14)15-3)13(2)10-8-6-5-7-9-10/h4-9H,1-3H3/b11-4-. The van der Waals surface area contributed by atoms with Gasteiger partial charge in [-0.05, 0) is 19.1 Å². The van der Waals surface area contributed by atoms with Gasteiger partial charge in [0.05, 0.1) is 7.11 Å². The molecule has 0 aliphatic heterocycles. The molecule has 0 radical (unpaired) electrons. The Balaban J connectivity index is 2.93. The first kappa shape index (κ1) is 11.3. The summed E-state index contributed by atoms with van der Waals surface area (Å²) in [5, 5.41) is 0. The van der Waals surface area contributed by atoms with Crippen molar-refractivity contribution in [2.45, 2.75) is 6.92 Å². The molecule has 1 rings (SSSR count). The summed E-state index contributed by atoms with van der Waals surface area (Å²) in [5.74, 6) is -0.330. The van der Waals surface area contributed by atoms with Gasteiger partial charge in [0.15, 0.2) is 0 Å². The van der Waals surface area contributed by atoms with Crippen molar-refractivity contribution in [1.29, 1.82) is 0 Å². The monoisotopic (exact) mass is 205 g/mol. The minimum Gasteiger partial charge on any atom is -0.464 e. The predicted octanol–water partition coefficient (Wildman–Crippen LogP) is 2.20. The Bertz CT molecular complexity index is 357. The zero-order chi connectivity index (χ0) is 11.3. The molecular weight excluding hydrogens is 190 g/mol. The van der Waals surface area contributed by atoms with E-state index in [9.17, 15) is 4.79 Å². The molecule has 0 aliphatic rings. The van der Waals surface area contributed by atoms with Crippen LogP contribution in [-0.2, 0) is 9.53 Å². The zero-order valence-corrected chi connectivity index (χ0v) is 9.23. The number of methoxy groups -OCH3 is 1. The van der Waals surface area contributed by atoms with Crippen molar-refractivity contribution < 1.29 is 9.53 Å². The summed E-state index contributed by atoms with van der Waals surface area (Å²) in [6, 6.07) is 9.66. The number of benzene rings is 1. The molecule has 0 amide bonds. The maximum absolute atomic E-state index is 11.4. The third kappa shape index (κ3) is 2.59. The van der Waals surface area contributed by atoms with E-state index < -0.39 is 0 Å². The van der Waals surface area contributed by atoms with E-state index in [1.807, 2.05) is 44.3 Å². The number of likely N-dealkylation sites (N-methyl/N-ethyl adjacent to an activating group) is 1. The van der Waals surface area contributed by atoms with E-state index in [2.05, 4.69) is 0 Å². The smallest absolute Gasteiger partial charge is 0.354 e. The van der Waals surface area contributed by atoms with E-state index in [-0.39, 0.29) is 5.97 Å². The number of hydrogen-bond acceptors (Lipinski definition) is 3. The second-order valence-corrected chi connectivity index (χ2v) is 3.06. The summed E-state index contributed by atoms with van der Waals surface area (Å²) in [4.78, 5) is 13.2. The van der Waals surface area contributed by atoms with Gasteiger partial charge < -0.3 is 9.64 Å². The number of hydrogen-bond donors (Lipinski definition) is 0. The maximum Gasteiger partial charge on any atom is 0.354 e. The van der Waals surface area contributed by atoms with E-state index in [4.69, 9.17) is 4.74 Å². The van der Waals surface area contributed by atoms with Crippen molar-refractivity contribution in [3.05, 3.63) is 42.1 Å². The van der Waals surface area contributed by atoms with Gasteiger partial charge in [-0.3, -0.25) is 0 Å². The number of carbonyl (C=O) groups is 1. The average Bonchev–Trinajstić information content (AvgIpc) is 2.30. The maximum atomic E-state index is 11.4. The molecule has 0 bridgehead atoms. The molecule has 0 unspecified atom stereocenters. The fourth-order valence-electron chi connectivity index (χ4n) is 1.34. The zero-order valence-electron chi connectivity index (χ0n) is 9.23. The molecule has 3 heteroatoms. The normalized spacial score (nSPS) is 11.0. The molecule has 0 aliphatic carbocycles. The minimum atomic E-state index is -0.330. The molecule has 15 heavy (non-hydrogen) atoms. The Morgan fingerprint density at radius 3 is 2.40 bits per heavy atom. The van der Waals surface area contributed by atoms with Crippen LogP contribution in [0.1, 0.15) is 6.92 Å². The van der Waals surface area contributed by atoms with Crippen molar-refractivity contribution in [2.24, 2.45) is 0 Å². The summed E-state index contributed by atoms with van der Waals surface area (Å²) >= 11 is 0.